The van der Waals surface area contributed by atoms with E-state index in [1.54, 1.807) is 24.3 Å². The monoisotopic (exact) mass is 418 g/mol. The van der Waals surface area contributed by atoms with Gasteiger partial charge in [0, 0.05) is 7.05 Å². The van der Waals surface area contributed by atoms with Gasteiger partial charge in [-0.05, 0) is 30.2 Å². The first kappa shape index (κ1) is 19.4. The van der Waals surface area contributed by atoms with Crippen molar-refractivity contribution in [3.8, 4) is 21.7 Å². The number of aromatic nitrogens is 1. The largest absolute Gasteiger partial charge is 0.319 e. The van der Waals surface area contributed by atoms with Crippen LogP contribution in [0.25, 0.3) is 21.7 Å². The molecule has 29 heavy (non-hydrogen) atoms. The van der Waals surface area contributed by atoms with E-state index >= 15 is 0 Å². The molecule has 0 spiro atoms. The third-order valence-electron chi connectivity index (χ3n) is 4.69. The quantitative estimate of drug-likeness (QED) is 0.394. The van der Waals surface area contributed by atoms with E-state index in [1.807, 2.05) is 29.8 Å². The van der Waals surface area contributed by atoms with Gasteiger partial charge < -0.3 is 4.57 Å². The highest BCUT2D eigenvalue weighted by atomic mass is 35.5. The standard InChI is InChI=1S/C24H19ClN2OS/c1-16-12-14-17(15-13-16)21-22(18-8-4-3-5-9-18)29-24(27(21)2)26-23(28)19-10-6-7-11-20(19)25/h3-15H,1-2H3. The maximum atomic E-state index is 12.8. The lowest BCUT2D eigenvalue weighted by Crippen LogP contribution is -2.14. The molecule has 0 aliphatic carbocycles. The Labute approximate surface area is 178 Å². The molecular weight excluding hydrogens is 400 g/mol. The van der Waals surface area contributed by atoms with E-state index in [9.17, 15) is 4.79 Å². The number of carbonyl (C=O) groups excluding carboxylic acids is 1. The van der Waals surface area contributed by atoms with Crippen LogP contribution in [-0.4, -0.2) is 10.5 Å². The Bertz CT molecular complexity index is 1240. The molecule has 0 saturated carbocycles. The van der Waals surface area contributed by atoms with Crippen LogP contribution in [0, 0.1) is 6.92 Å². The van der Waals surface area contributed by atoms with Gasteiger partial charge in [-0.15, -0.1) is 0 Å². The molecule has 3 nitrogen and oxygen atoms in total. The van der Waals surface area contributed by atoms with Crippen molar-refractivity contribution in [1.82, 2.24) is 4.57 Å². The molecule has 4 aromatic rings. The Balaban J connectivity index is 1.92. The number of hydrogen-bond donors (Lipinski definition) is 0. The fraction of sp³-hybridized carbons (Fsp3) is 0.0833. The number of thiazole rings is 1. The molecule has 3 aromatic carbocycles. The van der Waals surface area contributed by atoms with Crippen LogP contribution in [0.1, 0.15) is 15.9 Å². The van der Waals surface area contributed by atoms with Crippen LogP contribution in [0.3, 0.4) is 0 Å². The summed E-state index contributed by atoms with van der Waals surface area (Å²) >= 11 is 7.68. The molecule has 0 fully saturated rings. The molecule has 0 aliphatic heterocycles. The van der Waals surface area contributed by atoms with Gasteiger partial charge in [-0.25, -0.2) is 0 Å². The Hall–Kier alpha value is -2.95. The summed E-state index contributed by atoms with van der Waals surface area (Å²) in [6.07, 6.45) is 0. The number of hydrogen-bond acceptors (Lipinski definition) is 2. The minimum absolute atomic E-state index is 0.345. The van der Waals surface area contributed by atoms with Gasteiger partial charge in [0.15, 0.2) is 4.80 Å². The molecule has 1 heterocycles. The van der Waals surface area contributed by atoms with E-state index in [-0.39, 0.29) is 5.91 Å². The van der Waals surface area contributed by atoms with Crippen LogP contribution in [0.2, 0.25) is 5.02 Å². The average Bonchev–Trinajstić information content (AvgIpc) is 3.06. The molecule has 4 rings (SSSR count). The first-order valence-corrected chi connectivity index (χ1v) is 10.4. The number of carbonyl (C=O) groups is 1. The van der Waals surface area contributed by atoms with Crippen molar-refractivity contribution in [1.29, 1.82) is 0 Å². The molecule has 0 unspecified atom stereocenters. The van der Waals surface area contributed by atoms with Gasteiger partial charge in [-0.1, -0.05) is 95.2 Å². The first-order valence-electron chi connectivity index (χ1n) is 9.20. The second kappa shape index (κ2) is 8.19. The Morgan fingerprint density at radius 3 is 2.24 bits per heavy atom. The first-order chi connectivity index (χ1) is 14.0. The highest BCUT2D eigenvalue weighted by Crippen LogP contribution is 2.34. The molecule has 0 bridgehead atoms. The van der Waals surface area contributed by atoms with E-state index in [0.717, 1.165) is 21.7 Å². The topological polar surface area (TPSA) is 34.4 Å². The van der Waals surface area contributed by atoms with Gasteiger partial charge in [0.25, 0.3) is 5.91 Å². The molecule has 0 saturated heterocycles. The van der Waals surface area contributed by atoms with Gasteiger partial charge in [0.2, 0.25) is 0 Å². The zero-order chi connectivity index (χ0) is 20.4. The second-order valence-electron chi connectivity index (χ2n) is 6.75. The predicted octanol–water partition coefficient (Wildman–Crippen LogP) is 6.12. The summed E-state index contributed by atoms with van der Waals surface area (Å²) in [5, 5.41) is 0.405. The van der Waals surface area contributed by atoms with Gasteiger partial charge in [-0.3, -0.25) is 4.79 Å². The fourth-order valence-corrected chi connectivity index (χ4v) is 4.52. The number of rotatable bonds is 3. The minimum Gasteiger partial charge on any atom is -0.319 e. The number of nitrogens with zero attached hydrogens (tertiary/aromatic N) is 2. The van der Waals surface area contributed by atoms with Gasteiger partial charge in [-0.2, -0.15) is 4.99 Å². The lowest BCUT2D eigenvalue weighted by Gasteiger charge is -2.08. The minimum atomic E-state index is -0.345. The number of amides is 1. The summed E-state index contributed by atoms with van der Waals surface area (Å²) in [6.45, 7) is 2.07. The lowest BCUT2D eigenvalue weighted by atomic mass is 10.1. The van der Waals surface area contributed by atoms with Crippen LogP contribution < -0.4 is 4.80 Å². The highest BCUT2D eigenvalue weighted by Gasteiger charge is 2.16. The van der Waals surface area contributed by atoms with E-state index in [2.05, 4.69) is 48.3 Å². The zero-order valence-corrected chi connectivity index (χ0v) is 17.7. The molecule has 1 amide bonds. The zero-order valence-electron chi connectivity index (χ0n) is 16.1. The van der Waals surface area contributed by atoms with Crippen molar-refractivity contribution >= 4 is 28.8 Å². The van der Waals surface area contributed by atoms with Gasteiger partial charge in [0.05, 0.1) is 21.2 Å². The molecule has 0 atom stereocenters. The summed E-state index contributed by atoms with van der Waals surface area (Å²) in [6, 6.07) is 25.5. The molecule has 0 aliphatic rings. The summed E-state index contributed by atoms with van der Waals surface area (Å²) < 4.78 is 1.98. The van der Waals surface area contributed by atoms with Crippen molar-refractivity contribution in [2.24, 2.45) is 12.0 Å². The molecule has 144 valence electrons. The van der Waals surface area contributed by atoms with Crippen molar-refractivity contribution in [3.05, 3.63) is 99.8 Å². The van der Waals surface area contributed by atoms with Crippen molar-refractivity contribution in [3.63, 3.8) is 0 Å². The molecular formula is C24H19ClN2OS. The highest BCUT2D eigenvalue weighted by molar-refractivity contribution is 7.13. The van der Waals surface area contributed by atoms with Crippen LogP contribution in [-0.2, 0) is 7.05 Å². The van der Waals surface area contributed by atoms with Crippen molar-refractivity contribution in [2.75, 3.05) is 0 Å². The van der Waals surface area contributed by atoms with E-state index < -0.39 is 0 Å². The molecule has 0 radical (unpaired) electrons. The average molecular weight is 419 g/mol. The van der Waals surface area contributed by atoms with Crippen LogP contribution in [0.15, 0.2) is 83.9 Å². The van der Waals surface area contributed by atoms with Gasteiger partial charge in [0.1, 0.15) is 0 Å². The van der Waals surface area contributed by atoms with Crippen LogP contribution in [0.5, 0.6) is 0 Å². The third-order valence-corrected chi connectivity index (χ3v) is 6.20. The second-order valence-corrected chi connectivity index (χ2v) is 8.13. The third kappa shape index (κ3) is 3.95. The smallest absolute Gasteiger partial charge is 0.281 e. The van der Waals surface area contributed by atoms with Crippen LogP contribution in [0.4, 0.5) is 0 Å². The SMILES string of the molecule is Cc1ccc(-c2c(-c3ccccc3)sc(=NC(=O)c3ccccc3Cl)n2C)cc1. The number of halogens is 1. The Kier molecular flexibility index (Phi) is 5.47. The van der Waals surface area contributed by atoms with E-state index in [1.165, 1.54) is 16.9 Å². The predicted molar refractivity (Wildman–Crippen MR) is 120 cm³/mol. The molecule has 0 N–H and O–H groups in total. The Morgan fingerprint density at radius 2 is 1.55 bits per heavy atom. The Morgan fingerprint density at radius 1 is 0.897 bits per heavy atom. The maximum Gasteiger partial charge on any atom is 0.281 e. The summed E-state index contributed by atoms with van der Waals surface area (Å²) in [5.41, 5.74) is 4.81. The van der Waals surface area contributed by atoms with E-state index in [4.69, 9.17) is 11.6 Å². The summed E-state index contributed by atoms with van der Waals surface area (Å²) in [5.74, 6) is -0.345. The normalized spacial score (nSPS) is 11.6. The summed E-state index contributed by atoms with van der Waals surface area (Å²) in [4.78, 5) is 18.9. The lowest BCUT2D eigenvalue weighted by molar-refractivity contribution is 0.0998. The van der Waals surface area contributed by atoms with Crippen molar-refractivity contribution in [2.45, 2.75) is 6.92 Å². The summed E-state index contributed by atoms with van der Waals surface area (Å²) in [7, 11) is 1.94. The molecule has 5 heteroatoms. The number of benzene rings is 3. The van der Waals surface area contributed by atoms with Gasteiger partial charge >= 0.3 is 0 Å². The maximum absolute atomic E-state index is 12.8. The fourth-order valence-electron chi connectivity index (χ4n) is 3.16. The number of aryl methyl sites for hydroxylation is 1. The molecule has 1 aromatic heterocycles. The van der Waals surface area contributed by atoms with Crippen molar-refractivity contribution < 1.29 is 4.79 Å². The van der Waals surface area contributed by atoms with E-state index in [0.29, 0.717) is 15.4 Å². The van der Waals surface area contributed by atoms with Crippen LogP contribution >= 0.6 is 22.9 Å².